The van der Waals surface area contributed by atoms with Gasteiger partial charge in [-0.25, -0.2) is 0 Å². The van der Waals surface area contributed by atoms with Crippen LogP contribution in [0, 0.1) is 6.92 Å². The average Bonchev–Trinajstić information content (AvgIpc) is 2.11. The average molecular weight is 295 g/mol. The van der Waals surface area contributed by atoms with E-state index in [2.05, 4.69) is 6.92 Å². The molecule has 0 saturated carbocycles. The van der Waals surface area contributed by atoms with E-state index < -0.39 is 40.8 Å². The van der Waals surface area contributed by atoms with Crippen molar-refractivity contribution < 1.29 is 39.5 Å². The minimum atomic E-state index is -5.80. The van der Waals surface area contributed by atoms with E-state index >= 15 is 0 Å². The Labute approximate surface area is 100 Å². The molecule has 0 aromatic heterocycles. The van der Waals surface area contributed by atoms with Crippen LogP contribution in [-0.2, 0) is 18.5 Å². The molecule has 0 aliphatic rings. The van der Waals surface area contributed by atoms with E-state index in [1.165, 1.54) is 0 Å². The zero-order valence-corrected chi connectivity index (χ0v) is 8.76. The van der Waals surface area contributed by atoms with E-state index in [4.69, 9.17) is 0 Å². The zero-order chi connectivity index (χ0) is 15.2. The monoisotopic (exact) mass is 295 g/mol. The first-order chi connectivity index (χ1) is 8.26. The van der Waals surface area contributed by atoms with Crippen LogP contribution in [0.3, 0.4) is 0 Å². The lowest BCUT2D eigenvalue weighted by molar-refractivity contribution is -0.174. The van der Waals surface area contributed by atoms with Gasteiger partial charge in [-0.15, -0.1) is 0 Å². The molecule has 1 radical (unpaired) electrons. The highest BCUT2D eigenvalue weighted by Gasteiger charge is 2.50. The molecule has 0 spiro atoms. The molecule has 1 aromatic carbocycles. The van der Waals surface area contributed by atoms with Crippen molar-refractivity contribution in [2.75, 3.05) is 0 Å². The summed E-state index contributed by atoms with van der Waals surface area (Å²) in [7, 11) is 0. The van der Waals surface area contributed by atoms with Gasteiger partial charge in [0.2, 0.25) is 0 Å². The molecule has 0 saturated heterocycles. The Hall–Kier alpha value is -1.41. The van der Waals surface area contributed by atoms with Crippen LogP contribution in [0.2, 0.25) is 0 Å². The topological polar surface area (TPSA) is 0 Å². The van der Waals surface area contributed by atoms with Crippen molar-refractivity contribution in [1.82, 2.24) is 0 Å². The van der Waals surface area contributed by atoms with Crippen molar-refractivity contribution in [3.63, 3.8) is 0 Å². The second-order valence-corrected chi connectivity index (χ2v) is 3.52. The maximum Gasteiger partial charge on any atom is 0.417 e. The molecule has 0 aliphatic heterocycles. The Balaban J connectivity index is 3.82. The maximum atomic E-state index is 12.5. The number of benzene rings is 1. The fourth-order valence-corrected chi connectivity index (χ4v) is 1.50. The Morgan fingerprint density at radius 3 is 1.37 bits per heavy atom. The minimum absolute atomic E-state index is 0.0691. The highest BCUT2D eigenvalue weighted by atomic mass is 19.4. The smallest absolute Gasteiger partial charge is 0.166 e. The summed E-state index contributed by atoms with van der Waals surface area (Å²) in [6, 6.07) is 0.182. The molecule has 0 nitrogen and oxygen atoms in total. The molecule has 0 aliphatic carbocycles. The van der Waals surface area contributed by atoms with Gasteiger partial charge >= 0.3 is 18.5 Å². The quantitative estimate of drug-likeness (QED) is 0.596. The van der Waals surface area contributed by atoms with Gasteiger partial charge in [-0.3, -0.25) is 0 Å². The van der Waals surface area contributed by atoms with Gasteiger partial charge in [0.05, 0.1) is 16.7 Å². The van der Waals surface area contributed by atoms with E-state index in [1.807, 2.05) is 0 Å². The lowest BCUT2D eigenvalue weighted by Crippen LogP contribution is -2.24. The SMILES string of the molecule is [CH2]c1ccc(C(F)(F)F)c(C(F)(F)F)c1C(F)(F)F. The van der Waals surface area contributed by atoms with Crippen molar-refractivity contribution in [1.29, 1.82) is 0 Å². The fraction of sp³-hybridized carbons (Fsp3) is 0.300. The van der Waals surface area contributed by atoms with Gasteiger partial charge in [0.15, 0.2) is 0 Å². The minimum Gasteiger partial charge on any atom is -0.166 e. The number of alkyl halides is 9. The molecular formula is C10H4F9. The van der Waals surface area contributed by atoms with Crippen LogP contribution in [-0.4, -0.2) is 0 Å². The van der Waals surface area contributed by atoms with Gasteiger partial charge in [-0.1, -0.05) is 6.07 Å². The Kier molecular flexibility index (Phi) is 3.55. The first-order valence-electron chi connectivity index (χ1n) is 4.47. The Morgan fingerprint density at radius 1 is 0.632 bits per heavy atom. The molecule has 0 fully saturated rings. The molecule has 107 valence electrons. The first-order valence-corrected chi connectivity index (χ1v) is 4.47. The summed E-state index contributed by atoms with van der Waals surface area (Å²) in [5.74, 6) is 0. The lowest BCUT2D eigenvalue weighted by Gasteiger charge is -2.22. The van der Waals surface area contributed by atoms with Crippen LogP contribution >= 0.6 is 0 Å². The largest absolute Gasteiger partial charge is 0.417 e. The van der Waals surface area contributed by atoms with Crippen molar-refractivity contribution in [3.8, 4) is 0 Å². The van der Waals surface area contributed by atoms with Crippen molar-refractivity contribution in [2.24, 2.45) is 0 Å². The van der Waals surface area contributed by atoms with Gasteiger partial charge in [-0.2, -0.15) is 39.5 Å². The molecule has 0 bridgehead atoms. The van der Waals surface area contributed by atoms with Gasteiger partial charge in [0.25, 0.3) is 0 Å². The van der Waals surface area contributed by atoms with Gasteiger partial charge in [-0.05, 0) is 18.6 Å². The normalized spacial score (nSPS) is 13.8. The number of rotatable bonds is 0. The molecule has 0 atom stereocenters. The van der Waals surface area contributed by atoms with E-state index in [9.17, 15) is 39.5 Å². The molecule has 9 heteroatoms. The van der Waals surface area contributed by atoms with Gasteiger partial charge in [0.1, 0.15) is 0 Å². The summed E-state index contributed by atoms with van der Waals surface area (Å²) < 4.78 is 112. The second kappa shape index (κ2) is 4.31. The third-order valence-electron chi connectivity index (χ3n) is 2.16. The number of hydrogen-bond acceptors (Lipinski definition) is 0. The van der Waals surface area contributed by atoms with E-state index in [0.29, 0.717) is 0 Å². The van der Waals surface area contributed by atoms with Gasteiger partial charge in [0, 0.05) is 0 Å². The number of halogens is 9. The summed E-state index contributed by atoms with van der Waals surface area (Å²) in [5.41, 5.74) is -8.75. The van der Waals surface area contributed by atoms with Crippen LogP contribution in [0.15, 0.2) is 12.1 Å². The summed E-state index contributed by atoms with van der Waals surface area (Å²) in [5, 5.41) is 0. The molecular weight excluding hydrogens is 291 g/mol. The molecule has 0 N–H and O–H groups in total. The second-order valence-electron chi connectivity index (χ2n) is 3.52. The van der Waals surface area contributed by atoms with E-state index in [0.717, 1.165) is 0 Å². The summed E-state index contributed by atoms with van der Waals surface area (Å²) in [6.07, 6.45) is -17.0. The third-order valence-corrected chi connectivity index (χ3v) is 2.16. The van der Waals surface area contributed by atoms with Crippen LogP contribution in [0.1, 0.15) is 22.3 Å². The molecule has 0 unspecified atom stereocenters. The van der Waals surface area contributed by atoms with Crippen LogP contribution < -0.4 is 0 Å². The Morgan fingerprint density at radius 2 is 1.05 bits per heavy atom. The van der Waals surface area contributed by atoms with Crippen molar-refractivity contribution in [2.45, 2.75) is 18.5 Å². The zero-order valence-electron chi connectivity index (χ0n) is 8.76. The number of hydrogen-bond donors (Lipinski definition) is 0. The Bertz CT molecular complexity index is 475. The molecule has 1 rings (SSSR count). The van der Waals surface area contributed by atoms with Gasteiger partial charge < -0.3 is 0 Å². The predicted octanol–water partition coefficient (Wildman–Crippen LogP) is 4.93. The summed E-state index contributed by atoms with van der Waals surface area (Å²) in [6.45, 7) is 2.70. The summed E-state index contributed by atoms with van der Waals surface area (Å²) in [4.78, 5) is 0. The highest BCUT2D eigenvalue weighted by molar-refractivity contribution is 5.47. The van der Waals surface area contributed by atoms with E-state index in [-0.39, 0.29) is 12.1 Å². The first kappa shape index (κ1) is 15.6. The third kappa shape index (κ3) is 3.13. The summed E-state index contributed by atoms with van der Waals surface area (Å²) >= 11 is 0. The molecule has 19 heavy (non-hydrogen) atoms. The van der Waals surface area contributed by atoms with Crippen molar-refractivity contribution in [3.05, 3.63) is 41.3 Å². The lowest BCUT2D eigenvalue weighted by atomic mass is 9.95. The predicted molar refractivity (Wildman–Crippen MR) is 45.9 cm³/mol. The molecule has 0 heterocycles. The van der Waals surface area contributed by atoms with Crippen LogP contribution in [0.4, 0.5) is 39.5 Å². The fourth-order valence-electron chi connectivity index (χ4n) is 1.50. The van der Waals surface area contributed by atoms with E-state index in [1.54, 1.807) is 0 Å². The maximum absolute atomic E-state index is 12.5. The van der Waals surface area contributed by atoms with Crippen molar-refractivity contribution >= 4 is 0 Å². The molecule has 0 amide bonds. The van der Waals surface area contributed by atoms with Crippen LogP contribution in [0.5, 0.6) is 0 Å². The standard InChI is InChI=1S/C10H4F9/c1-4-2-3-5(8(11,12)13)7(10(17,18)19)6(4)9(14,15)16/h2-3H,1H2. The highest BCUT2D eigenvalue weighted by Crippen LogP contribution is 2.47. The molecule has 1 aromatic rings. The van der Waals surface area contributed by atoms with Crippen LogP contribution in [0.25, 0.3) is 0 Å².